The van der Waals surface area contributed by atoms with E-state index in [2.05, 4.69) is 40.3 Å². The lowest BCUT2D eigenvalue weighted by Crippen LogP contribution is -2.14. The number of hydrogen-bond acceptors (Lipinski definition) is 1. The van der Waals surface area contributed by atoms with Crippen LogP contribution >= 0.6 is 0 Å². The lowest BCUT2D eigenvalue weighted by Gasteiger charge is -2.16. The van der Waals surface area contributed by atoms with Crippen molar-refractivity contribution in [2.75, 3.05) is 0 Å². The van der Waals surface area contributed by atoms with Gasteiger partial charge < -0.3 is 5.73 Å². The smallest absolute Gasteiger partial charge is 0.0115 e. The molecule has 0 fully saturated rings. The van der Waals surface area contributed by atoms with Crippen LogP contribution < -0.4 is 5.73 Å². The maximum absolute atomic E-state index is 5.97. The Morgan fingerprint density at radius 2 is 1.93 bits per heavy atom. The minimum Gasteiger partial charge on any atom is -0.402 e. The summed E-state index contributed by atoms with van der Waals surface area (Å²) in [5.41, 5.74) is 8.25. The van der Waals surface area contributed by atoms with Crippen LogP contribution in [-0.4, -0.2) is 0 Å². The highest BCUT2D eigenvalue weighted by Crippen LogP contribution is 2.17. The van der Waals surface area contributed by atoms with E-state index in [0.29, 0.717) is 11.8 Å². The Bertz CT molecular complexity index is 236. The molecule has 1 heteroatoms. The number of allylic oxidation sites excluding steroid dienone is 5. The average Bonchev–Trinajstić information content (AvgIpc) is 2.22. The first-order valence-electron chi connectivity index (χ1n) is 5.28. The lowest BCUT2D eigenvalue weighted by atomic mass is 9.93. The van der Waals surface area contributed by atoms with Gasteiger partial charge in [0.05, 0.1) is 0 Å². The summed E-state index contributed by atoms with van der Waals surface area (Å²) in [5.74, 6) is 0.801. The molecule has 0 rings (SSSR count). The van der Waals surface area contributed by atoms with Gasteiger partial charge in [-0.2, -0.15) is 0 Å². The summed E-state index contributed by atoms with van der Waals surface area (Å²) in [7, 11) is 0. The summed E-state index contributed by atoms with van der Waals surface area (Å²) in [6.07, 6.45) is 7.14. The van der Waals surface area contributed by atoms with Crippen molar-refractivity contribution in [2.45, 2.75) is 34.1 Å². The molecule has 0 aliphatic rings. The Balaban J connectivity index is 4.44. The highest BCUT2D eigenvalue weighted by Gasteiger charge is 2.10. The van der Waals surface area contributed by atoms with E-state index in [4.69, 9.17) is 5.73 Å². The van der Waals surface area contributed by atoms with Gasteiger partial charge >= 0.3 is 0 Å². The zero-order chi connectivity index (χ0) is 11.1. The van der Waals surface area contributed by atoms with Gasteiger partial charge in [-0.15, -0.1) is 6.58 Å². The molecule has 2 N–H and O–H groups in total. The van der Waals surface area contributed by atoms with Gasteiger partial charge in [-0.05, 0) is 25.3 Å². The van der Waals surface area contributed by atoms with Gasteiger partial charge in [0.15, 0.2) is 0 Å². The maximum atomic E-state index is 5.97. The second-order valence-corrected chi connectivity index (χ2v) is 3.92. The third-order valence-corrected chi connectivity index (χ3v) is 2.80. The summed E-state index contributed by atoms with van der Waals surface area (Å²) in [5, 5.41) is 0. The van der Waals surface area contributed by atoms with Crippen molar-refractivity contribution < 1.29 is 0 Å². The van der Waals surface area contributed by atoms with Crippen molar-refractivity contribution in [2.24, 2.45) is 17.6 Å². The van der Waals surface area contributed by atoms with E-state index in [1.54, 1.807) is 0 Å². The van der Waals surface area contributed by atoms with E-state index in [1.807, 2.05) is 12.2 Å². The number of nitrogens with two attached hydrogens (primary N) is 1. The molecule has 80 valence electrons. The predicted molar refractivity (Wildman–Crippen MR) is 64.8 cm³/mol. The fraction of sp³-hybridized carbons (Fsp3) is 0.538. The van der Waals surface area contributed by atoms with Gasteiger partial charge in [0.1, 0.15) is 0 Å². The normalized spacial score (nSPS) is 17.7. The van der Waals surface area contributed by atoms with Crippen LogP contribution in [0.25, 0.3) is 0 Å². The SMILES string of the molecule is C=CC(C)C(C)/C(N)=C\C=C(/C)CC. The van der Waals surface area contributed by atoms with E-state index in [9.17, 15) is 0 Å². The van der Waals surface area contributed by atoms with Crippen LogP contribution in [0.4, 0.5) is 0 Å². The molecule has 0 aliphatic heterocycles. The van der Waals surface area contributed by atoms with Gasteiger partial charge in [0, 0.05) is 11.6 Å². The molecule has 0 spiro atoms. The zero-order valence-corrected chi connectivity index (χ0v) is 9.88. The Morgan fingerprint density at radius 1 is 1.36 bits per heavy atom. The van der Waals surface area contributed by atoms with Crippen molar-refractivity contribution in [3.8, 4) is 0 Å². The fourth-order valence-corrected chi connectivity index (χ4v) is 1.02. The highest BCUT2D eigenvalue weighted by atomic mass is 14.6. The predicted octanol–water partition coefficient (Wildman–Crippen LogP) is 3.64. The minimum absolute atomic E-state index is 0.369. The first kappa shape index (κ1) is 13.0. The molecule has 1 nitrogen and oxygen atoms in total. The van der Waals surface area contributed by atoms with Crippen molar-refractivity contribution in [3.05, 3.63) is 36.1 Å². The third kappa shape index (κ3) is 4.31. The van der Waals surface area contributed by atoms with Crippen LogP contribution in [0, 0.1) is 11.8 Å². The van der Waals surface area contributed by atoms with Crippen molar-refractivity contribution in [3.63, 3.8) is 0 Å². The monoisotopic (exact) mass is 193 g/mol. The van der Waals surface area contributed by atoms with Gasteiger partial charge in [0.25, 0.3) is 0 Å². The average molecular weight is 193 g/mol. The van der Waals surface area contributed by atoms with Crippen molar-refractivity contribution in [1.82, 2.24) is 0 Å². The van der Waals surface area contributed by atoms with Gasteiger partial charge in [-0.1, -0.05) is 38.5 Å². The summed E-state index contributed by atoms with van der Waals surface area (Å²) >= 11 is 0. The molecule has 0 amide bonds. The minimum atomic E-state index is 0.369. The molecule has 14 heavy (non-hydrogen) atoms. The second-order valence-electron chi connectivity index (χ2n) is 3.92. The van der Waals surface area contributed by atoms with Gasteiger partial charge in [0.2, 0.25) is 0 Å². The molecular formula is C13H23N. The topological polar surface area (TPSA) is 26.0 Å². The molecule has 2 unspecified atom stereocenters. The van der Waals surface area contributed by atoms with Crippen molar-refractivity contribution in [1.29, 1.82) is 0 Å². The molecule has 0 aromatic heterocycles. The van der Waals surface area contributed by atoms with Crippen LogP contribution in [0.5, 0.6) is 0 Å². The lowest BCUT2D eigenvalue weighted by molar-refractivity contribution is 0.525. The van der Waals surface area contributed by atoms with E-state index in [-0.39, 0.29) is 0 Å². The summed E-state index contributed by atoms with van der Waals surface area (Å²) in [4.78, 5) is 0. The Labute approximate surface area is 88.4 Å². The standard InChI is InChI=1S/C13H23N/c1-6-10(3)8-9-13(14)12(5)11(4)7-2/h7-9,11-12H,2,6,14H2,1,3-5H3/b10-8+,13-9+. The first-order chi connectivity index (χ1) is 6.52. The summed E-state index contributed by atoms with van der Waals surface area (Å²) in [6.45, 7) is 12.3. The molecule has 0 aliphatic carbocycles. The zero-order valence-electron chi connectivity index (χ0n) is 9.88. The molecule has 2 atom stereocenters. The number of rotatable bonds is 5. The van der Waals surface area contributed by atoms with E-state index in [0.717, 1.165) is 12.1 Å². The Morgan fingerprint density at radius 3 is 2.36 bits per heavy atom. The first-order valence-corrected chi connectivity index (χ1v) is 5.28. The highest BCUT2D eigenvalue weighted by molar-refractivity contribution is 5.17. The Hall–Kier alpha value is -0.980. The molecule has 0 heterocycles. The van der Waals surface area contributed by atoms with E-state index in [1.165, 1.54) is 5.57 Å². The second kappa shape index (κ2) is 6.47. The third-order valence-electron chi connectivity index (χ3n) is 2.80. The molecular weight excluding hydrogens is 170 g/mol. The summed E-state index contributed by atoms with van der Waals surface area (Å²) < 4.78 is 0. The molecule has 0 saturated carbocycles. The van der Waals surface area contributed by atoms with E-state index >= 15 is 0 Å². The number of hydrogen-bond donors (Lipinski definition) is 1. The quantitative estimate of drug-likeness (QED) is 0.523. The van der Waals surface area contributed by atoms with Crippen LogP contribution in [0.2, 0.25) is 0 Å². The van der Waals surface area contributed by atoms with E-state index < -0.39 is 0 Å². The van der Waals surface area contributed by atoms with Crippen LogP contribution in [0.3, 0.4) is 0 Å². The van der Waals surface area contributed by atoms with Crippen LogP contribution in [0.1, 0.15) is 34.1 Å². The van der Waals surface area contributed by atoms with Crippen molar-refractivity contribution >= 4 is 0 Å². The van der Waals surface area contributed by atoms with Crippen LogP contribution in [0.15, 0.2) is 36.1 Å². The largest absolute Gasteiger partial charge is 0.402 e. The van der Waals surface area contributed by atoms with Gasteiger partial charge in [-0.3, -0.25) is 0 Å². The molecule has 0 aromatic rings. The molecule has 0 radical (unpaired) electrons. The summed E-state index contributed by atoms with van der Waals surface area (Å²) in [6, 6.07) is 0. The molecule has 0 saturated heterocycles. The molecule has 0 aromatic carbocycles. The maximum Gasteiger partial charge on any atom is 0.0115 e. The molecule has 0 bridgehead atoms. The van der Waals surface area contributed by atoms with Crippen LogP contribution in [-0.2, 0) is 0 Å². The Kier molecular flexibility index (Phi) is 6.02. The fourth-order valence-electron chi connectivity index (χ4n) is 1.02. The van der Waals surface area contributed by atoms with Gasteiger partial charge in [-0.25, -0.2) is 0 Å².